The molecule has 6 heteroatoms. The largest absolute Gasteiger partial charge is 0.474 e. The highest BCUT2D eigenvalue weighted by Crippen LogP contribution is 2.40. The molecule has 0 aromatic heterocycles. The monoisotopic (exact) mass is 351 g/mol. The molecule has 1 aromatic carbocycles. The summed E-state index contributed by atoms with van der Waals surface area (Å²) < 4.78 is 36.4. The molecule has 0 radical (unpaired) electrons. The zero-order chi connectivity index (χ0) is 17.7. The number of ether oxygens (including phenoxy) is 2. The lowest BCUT2D eigenvalue weighted by molar-refractivity contribution is -0.0722. The summed E-state index contributed by atoms with van der Waals surface area (Å²) in [5.41, 5.74) is 1.55. The minimum atomic E-state index is -3.19. The van der Waals surface area contributed by atoms with Crippen molar-refractivity contribution in [2.24, 2.45) is 0 Å². The number of hydrogen-bond donors (Lipinski definition) is 0. The van der Waals surface area contributed by atoms with Gasteiger partial charge in [-0.1, -0.05) is 6.07 Å². The predicted octanol–water partition coefficient (Wildman–Crippen LogP) is 3.37. The van der Waals surface area contributed by atoms with Gasteiger partial charge in [-0.05, 0) is 57.9 Å². The van der Waals surface area contributed by atoms with Gasteiger partial charge in [-0.15, -0.1) is 0 Å². The molecular formula is C18H25NO4S. The smallest absolute Gasteiger partial charge is 0.185 e. The molecule has 1 aliphatic carbocycles. The first-order chi connectivity index (χ1) is 11.1. The van der Waals surface area contributed by atoms with Gasteiger partial charge in [0, 0.05) is 19.2 Å². The molecule has 1 aliphatic heterocycles. The Balaban J connectivity index is 1.89. The van der Waals surface area contributed by atoms with E-state index in [0.717, 1.165) is 24.0 Å². The zero-order valence-corrected chi connectivity index (χ0v) is 15.5. The quantitative estimate of drug-likeness (QED) is 0.761. The number of methoxy groups -OCH3 is 1. The summed E-state index contributed by atoms with van der Waals surface area (Å²) in [5, 5.41) is -0.203. The SMILES string of the molecule is C=C(OC(C)(C)C)N1Cc2cc(S(=O)(=O)C3CC3)ccc2C1OC. The Bertz CT molecular complexity index is 760. The van der Waals surface area contributed by atoms with E-state index in [4.69, 9.17) is 9.47 Å². The third-order valence-electron chi connectivity index (χ3n) is 4.26. The number of hydrogen-bond acceptors (Lipinski definition) is 5. The lowest BCUT2D eigenvalue weighted by Gasteiger charge is -2.32. The van der Waals surface area contributed by atoms with Crippen LogP contribution in [0.2, 0.25) is 0 Å². The molecule has 0 saturated heterocycles. The number of sulfone groups is 1. The van der Waals surface area contributed by atoms with Gasteiger partial charge < -0.3 is 14.4 Å². The second kappa shape index (κ2) is 5.77. The molecule has 1 unspecified atom stereocenters. The Kier molecular flexibility index (Phi) is 4.16. The number of benzene rings is 1. The van der Waals surface area contributed by atoms with Crippen LogP contribution in [0.4, 0.5) is 0 Å². The Hall–Kier alpha value is -1.53. The molecule has 0 spiro atoms. The molecule has 0 amide bonds. The number of nitrogens with zero attached hydrogens (tertiary/aromatic N) is 1. The molecule has 3 rings (SSSR count). The Morgan fingerprint density at radius 3 is 2.50 bits per heavy atom. The average molecular weight is 351 g/mol. The first kappa shape index (κ1) is 17.3. The fraction of sp³-hybridized carbons (Fsp3) is 0.556. The fourth-order valence-corrected chi connectivity index (χ4v) is 4.73. The molecule has 132 valence electrons. The van der Waals surface area contributed by atoms with Crippen molar-refractivity contribution >= 4 is 9.84 Å². The second-order valence-corrected chi connectivity index (χ2v) is 9.66. The van der Waals surface area contributed by atoms with E-state index in [9.17, 15) is 8.42 Å². The standard InChI is InChI=1S/C18H25NO4S/c1-12(23-18(2,3)4)19-11-13-10-15(24(20,21)14-6-7-14)8-9-16(13)17(19)22-5/h8-10,14,17H,1,6-7,11H2,2-5H3. The van der Waals surface area contributed by atoms with Gasteiger partial charge in [0.1, 0.15) is 5.60 Å². The van der Waals surface area contributed by atoms with E-state index >= 15 is 0 Å². The third kappa shape index (κ3) is 3.17. The molecule has 1 atom stereocenters. The van der Waals surface area contributed by atoms with Crippen molar-refractivity contribution in [3.8, 4) is 0 Å². The summed E-state index contributed by atoms with van der Waals surface area (Å²) in [5.74, 6) is 0.525. The summed E-state index contributed by atoms with van der Waals surface area (Å²) >= 11 is 0. The van der Waals surface area contributed by atoms with E-state index in [1.807, 2.05) is 31.7 Å². The minimum absolute atomic E-state index is 0.203. The average Bonchev–Trinajstić information content (AvgIpc) is 3.26. The zero-order valence-electron chi connectivity index (χ0n) is 14.7. The number of fused-ring (bicyclic) bond motifs is 1. The van der Waals surface area contributed by atoms with Crippen molar-refractivity contribution in [1.29, 1.82) is 0 Å². The first-order valence-electron chi connectivity index (χ1n) is 8.17. The predicted molar refractivity (Wildman–Crippen MR) is 91.9 cm³/mol. The third-order valence-corrected chi connectivity index (χ3v) is 6.52. The van der Waals surface area contributed by atoms with Gasteiger partial charge in [0.2, 0.25) is 0 Å². The van der Waals surface area contributed by atoms with Crippen molar-refractivity contribution in [2.75, 3.05) is 7.11 Å². The lowest BCUT2D eigenvalue weighted by atomic mass is 10.1. The van der Waals surface area contributed by atoms with Crippen LogP contribution in [0, 0.1) is 0 Å². The maximum atomic E-state index is 12.5. The Labute approximate surface area is 144 Å². The van der Waals surface area contributed by atoms with Crippen molar-refractivity contribution in [3.63, 3.8) is 0 Å². The Morgan fingerprint density at radius 1 is 1.29 bits per heavy atom. The minimum Gasteiger partial charge on any atom is -0.474 e. The van der Waals surface area contributed by atoms with E-state index < -0.39 is 9.84 Å². The van der Waals surface area contributed by atoms with Crippen LogP contribution in [0.3, 0.4) is 0 Å². The van der Waals surface area contributed by atoms with Crippen molar-refractivity contribution < 1.29 is 17.9 Å². The van der Waals surface area contributed by atoms with E-state index in [1.165, 1.54) is 0 Å². The van der Waals surface area contributed by atoms with Crippen molar-refractivity contribution in [1.82, 2.24) is 4.90 Å². The molecule has 1 aromatic rings. The molecule has 5 nitrogen and oxygen atoms in total. The molecule has 0 bridgehead atoms. The molecular weight excluding hydrogens is 326 g/mol. The summed E-state index contributed by atoms with van der Waals surface area (Å²) in [4.78, 5) is 2.33. The molecule has 2 aliphatic rings. The molecule has 1 saturated carbocycles. The van der Waals surface area contributed by atoms with Crippen LogP contribution < -0.4 is 0 Å². The normalized spacial score (nSPS) is 20.8. The van der Waals surface area contributed by atoms with Gasteiger partial charge in [-0.2, -0.15) is 0 Å². The molecule has 1 fully saturated rings. The van der Waals surface area contributed by atoms with Crippen LogP contribution in [0.1, 0.15) is 51.0 Å². The molecule has 0 N–H and O–H groups in total. The summed E-state index contributed by atoms with van der Waals surface area (Å²) in [6.45, 7) is 10.4. The maximum absolute atomic E-state index is 12.5. The summed E-state index contributed by atoms with van der Waals surface area (Å²) in [7, 11) is -1.56. The van der Waals surface area contributed by atoms with Gasteiger partial charge >= 0.3 is 0 Å². The highest BCUT2D eigenvalue weighted by molar-refractivity contribution is 7.92. The van der Waals surface area contributed by atoms with E-state index in [-0.39, 0.29) is 17.1 Å². The van der Waals surface area contributed by atoms with Crippen LogP contribution in [0.25, 0.3) is 0 Å². The molecule has 1 heterocycles. The second-order valence-electron chi connectivity index (χ2n) is 7.43. The lowest BCUT2D eigenvalue weighted by Crippen LogP contribution is -2.29. The fourth-order valence-electron chi connectivity index (χ4n) is 3.03. The van der Waals surface area contributed by atoms with Gasteiger partial charge in [0.05, 0.1) is 10.1 Å². The summed E-state index contributed by atoms with van der Waals surface area (Å²) in [6.07, 6.45) is 1.22. The van der Waals surface area contributed by atoms with Crippen molar-refractivity contribution in [3.05, 3.63) is 41.8 Å². The van der Waals surface area contributed by atoms with Crippen LogP contribution in [-0.4, -0.2) is 31.3 Å². The van der Waals surface area contributed by atoms with Crippen LogP contribution in [0.15, 0.2) is 35.6 Å². The van der Waals surface area contributed by atoms with Gasteiger partial charge in [-0.25, -0.2) is 8.42 Å². The van der Waals surface area contributed by atoms with Crippen LogP contribution in [0.5, 0.6) is 0 Å². The first-order valence-corrected chi connectivity index (χ1v) is 9.72. The topological polar surface area (TPSA) is 55.8 Å². The summed E-state index contributed by atoms with van der Waals surface area (Å²) in [6, 6.07) is 5.32. The number of rotatable bonds is 5. The van der Waals surface area contributed by atoms with Gasteiger partial charge in [0.25, 0.3) is 0 Å². The van der Waals surface area contributed by atoms with E-state index in [0.29, 0.717) is 17.3 Å². The highest BCUT2D eigenvalue weighted by Gasteiger charge is 2.39. The van der Waals surface area contributed by atoms with Gasteiger partial charge in [-0.3, -0.25) is 0 Å². The maximum Gasteiger partial charge on any atom is 0.185 e. The van der Waals surface area contributed by atoms with Crippen molar-refractivity contribution in [2.45, 2.75) is 62.1 Å². The van der Waals surface area contributed by atoms with Crippen LogP contribution >= 0.6 is 0 Å². The van der Waals surface area contributed by atoms with E-state index in [1.54, 1.807) is 19.2 Å². The highest BCUT2D eigenvalue weighted by atomic mass is 32.2. The van der Waals surface area contributed by atoms with Crippen LogP contribution in [-0.2, 0) is 25.9 Å². The van der Waals surface area contributed by atoms with Gasteiger partial charge in [0.15, 0.2) is 21.9 Å². The van der Waals surface area contributed by atoms with E-state index in [2.05, 4.69) is 6.58 Å². The Morgan fingerprint density at radius 2 is 1.96 bits per heavy atom. The molecule has 24 heavy (non-hydrogen) atoms.